The molecule has 2 heterocycles. The molecule has 2 amide bonds. The minimum atomic E-state index is -0.621. The standard InChI is InChI=1S/C11H6N4O4S/c1-5-12-13-11(20-5)14-9(16)7-3-2-6(15(18)19)4-8(7)10(14)17/h2-4H,1H3. The maximum absolute atomic E-state index is 12.2. The van der Waals surface area contributed by atoms with Crippen molar-refractivity contribution < 1.29 is 14.5 Å². The molecule has 0 saturated carbocycles. The van der Waals surface area contributed by atoms with Gasteiger partial charge in [0.25, 0.3) is 17.5 Å². The zero-order chi connectivity index (χ0) is 14.4. The Balaban J connectivity index is 2.10. The third kappa shape index (κ3) is 1.67. The van der Waals surface area contributed by atoms with Crippen LogP contribution in [0.1, 0.15) is 25.7 Å². The van der Waals surface area contributed by atoms with E-state index in [9.17, 15) is 19.7 Å². The second-order valence-corrected chi connectivity index (χ2v) is 5.20. The second-order valence-electron chi connectivity index (χ2n) is 4.04. The Morgan fingerprint density at radius 3 is 2.50 bits per heavy atom. The van der Waals surface area contributed by atoms with Gasteiger partial charge in [0.1, 0.15) is 5.01 Å². The highest BCUT2D eigenvalue weighted by atomic mass is 32.1. The molecule has 1 aliphatic heterocycles. The molecule has 0 fully saturated rings. The highest BCUT2D eigenvalue weighted by Crippen LogP contribution is 2.31. The number of rotatable bonds is 2. The number of hydrogen-bond acceptors (Lipinski definition) is 7. The summed E-state index contributed by atoms with van der Waals surface area (Å²) in [4.78, 5) is 35.4. The number of fused-ring (bicyclic) bond motifs is 1. The normalized spacial score (nSPS) is 13.8. The van der Waals surface area contributed by atoms with Gasteiger partial charge in [-0.3, -0.25) is 19.7 Å². The van der Waals surface area contributed by atoms with Crippen molar-refractivity contribution in [1.82, 2.24) is 10.2 Å². The van der Waals surface area contributed by atoms with Crippen molar-refractivity contribution in [2.75, 3.05) is 4.90 Å². The van der Waals surface area contributed by atoms with Gasteiger partial charge in [-0.25, -0.2) is 4.90 Å². The van der Waals surface area contributed by atoms with Crippen molar-refractivity contribution in [3.8, 4) is 0 Å². The lowest BCUT2D eigenvalue weighted by Gasteiger charge is -2.07. The van der Waals surface area contributed by atoms with Crippen LogP contribution in [-0.4, -0.2) is 26.9 Å². The summed E-state index contributed by atoms with van der Waals surface area (Å²) in [5, 5.41) is 19.0. The van der Waals surface area contributed by atoms with Crippen LogP contribution in [0.15, 0.2) is 18.2 Å². The molecule has 0 atom stereocenters. The van der Waals surface area contributed by atoms with Crippen molar-refractivity contribution in [1.29, 1.82) is 0 Å². The number of nitro groups is 1. The summed E-state index contributed by atoms with van der Waals surface area (Å²) in [6, 6.07) is 3.57. The summed E-state index contributed by atoms with van der Waals surface area (Å²) in [6.07, 6.45) is 0. The molecule has 3 rings (SSSR count). The van der Waals surface area contributed by atoms with Gasteiger partial charge in [0.2, 0.25) is 5.13 Å². The van der Waals surface area contributed by atoms with E-state index in [1.165, 1.54) is 12.1 Å². The first-order chi connectivity index (χ1) is 9.49. The number of carbonyl (C=O) groups is 2. The molecular formula is C11H6N4O4S. The summed E-state index contributed by atoms with van der Waals surface area (Å²) in [5.41, 5.74) is -0.0919. The Morgan fingerprint density at radius 1 is 1.20 bits per heavy atom. The molecule has 1 aromatic heterocycles. The van der Waals surface area contributed by atoms with Gasteiger partial charge in [0, 0.05) is 12.1 Å². The Hall–Kier alpha value is -2.68. The van der Waals surface area contributed by atoms with E-state index < -0.39 is 16.7 Å². The van der Waals surface area contributed by atoms with Gasteiger partial charge < -0.3 is 0 Å². The van der Waals surface area contributed by atoms with Crippen LogP contribution in [0.3, 0.4) is 0 Å². The van der Waals surface area contributed by atoms with Crippen LogP contribution < -0.4 is 4.90 Å². The van der Waals surface area contributed by atoms with E-state index >= 15 is 0 Å². The van der Waals surface area contributed by atoms with Crippen LogP contribution in [0, 0.1) is 17.0 Å². The summed E-state index contributed by atoms with van der Waals surface area (Å²) >= 11 is 1.10. The number of nitrogens with zero attached hydrogens (tertiary/aromatic N) is 4. The molecule has 8 nitrogen and oxygen atoms in total. The van der Waals surface area contributed by atoms with Crippen molar-refractivity contribution in [3.05, 3.63) is 44.4 Å². The van der Waals surface area contributed by atoms with E-state index in [4.69, 9.17) is 0 Å². The zero-order valence-electron chi connectivity index (χ0n) is 10.1. The average Bonchev–Trinajstić information content (AvgIpc) is 2.93. The lowest BCUT2D eigenvalue weighted by Crippen LogP contribution is -2.29. The van der Waals surface area contributed by atoms with E-state index in [2.05, 4.69) is 10.2 Å². The van der Waals surface area contributed by atoms with Crippen molar-refractivity contribution in [3.63, 3.8) is 0 Å². The number of hydrogen-bond donors (Lipinski definition) is 0. The summed E-state index contributed by atoms with van der Waals surface area (Å²) < 4.78 is 0. The first-order valence-electron chi connectivity index (χ1n) is 5.46. The summed E-state index contributed by atoms with van der Waals surface area (Å²) in [7, 11) is 0. The highest BCUT2D eigenvalue weighted by Gasteiger charge is 2.39. The fourth-order valence-electron chi connectivity index (χ4n) is 1.89. The van der Waals surface area contributed by atoms with Crippen LogP contribution in [-0.2, 0) is 0 Å². The Kier molecular flexibility index (Phi) is 2.57. The van der Waals surface area contributed by atoms with Gasteiger partial charge in [0.05, 0.1) is 16.1 Å². The monoisotopic (exact) mass is 290 g/mol. The minimum Gasteiger partial charge on any atom is -0.268 e. The number of anilines is 1. The van der Waals surface area contributed by atoms with E-state index in [1.54, 1.807) is 6.92 Å². The number of benzene rings is 1. The number of nitro benzene ring substituents is 1. The lowest BCUT2D eigenvalue weighted by molar-refractivity contribution is -0.384. The van der Waals surface area contributed by atoms with Gasteiger partial charge in [-0.1, -0.05) is 11.3 Å². The predicted molar refractivity (Wildman–Crippen MR) is 68.9 cm³/mol. The molecule has 2 aromatic rings. The van der Waals surface area contributed by atoms with E-state index in [0.29, 0.717) is 5.01 Å². The minimum absolute atomic E-state index is 0.0112. The van der Waals surface area contributed by atoms with E-state index in [1.807, 2.05) is 0 Å². The van der Waals surface area contributed by atoms with Crippen molar-refractivity contribution >= 4 is 34.0 Å². The molecule has 0 spiro atoms. The van der Waals surface area contributed by atoms with Gasteiger partial charge in [-0.05, 0) is 13.0 Å². The van der Waals surface area contributed by atoms with Crippen LogP contribution in [0.4, 0.5) is 10.8 Å². The molecule has 20 heavy (non-hydrogen) atoms. The smallest absolute Gasteiger partial charge is 0.268 e. The number of aryl methyl sites for hydroxylation is 1. The number of carbonyl (C=O) groups excluding carboxylic acids is 2. The fourth-order valence-corrected chi connectivity index (χ4v) is 2.58. The summed E-state index contributed by atoms with van der Waals surface area (Å²) in [5.74, 6) is -1.17. The van der Waals surface area contributed by atoms with Gasteiger partial charge in [0.15, 0.2) is 0 Å². The highest BCUT2D eigenvalue weighted by molar-refractivity contribution is 7.15. The molecule has 9 heteroatoms. The summed E-state index contributed by atoms with van der Waals surface area (Å²) in [6.45, 7) is 1.70. The molecule has 0 N–H and O–H groups in total. The Morgan fingerprint density at radius 2 is 1.90 bits per heavy atom. The molecular weight excluding hydrogens is 284 g/mol. The largest absolute Gasteiger partial charge is 0.270 e. The van der Waals surface area contributed by atoms with Crippen molar-refractivity contribution in [2.24, 2.45) is 0 Å². The van der Waals surface area contributed by atoms with Gasteiger partial charge >= 0.3 is 0 Å². The Bertz CT molecular complexity index is 770. The average molecular weight is 290 g/mol. The van der Waals surface area contributed by atoms with Crippen LogP contribution in [0.2, 0.25) is 0 Å². The topological polar surface area (TPSA) is 106 Å². The Labute approximate surface area is 115 Å². The van der Waals surface area contributed by atoms with E-state index in [0.717, 1.165) is 22.3 Å². The molecule has 0 radical (unpaired) electrons. The first-order valence-corrected chi connectivity index (χ1v) is 6.28. The predicted octanol–water partition coefficient (Wildman–Crippen LogP) is 1.56. The first kappa shape index (κ1) is 12.4. The number of non-ortho nitro benzene ring substituents is 1. The third-order valence-corrected chi connectivity index (χ3v) is 3.61. The molecule has 0 aliphatic carbocycles. The molecule has 1 aliphatic rings. The number of aromatic nitrogens is 2. The van der Waals surface area contributed by atoms with Gasteiger partial charge in [-0.15, -0.1) is 10.2 Å². The number of imide groups is 1. The quantitative estimate of drug-likeness (QED) is 0.472. The molecule has 0 unspecified atom stereocenters. The van der Waals surface area contributed by atoms with E-state index in [-0.39, 0.29) is 21.9 Å². The van der Waals surface area contributed by atoms with Crippen LogP contribution >= 0.6 is 11.3 Å². The zero-order valence-corrected chi connectivity index (χ0v) is 10.9. The SMILES string of the molecule is Cc1nnc(N2C(=O)c3ccc([N+](=O)[O-])cc3C2=O)s1. The third-order valence-electron chi connectivity index (χ3n) is 2.79. The molecule has 1 aromatic carbocycles. The maximum Gasteiger partial charge on any atom is 0.270 e. The lowest BCUT2D eigenvalue weighted by atomic mass is 10.1. The van der Waals surface area contributed by atoms with Gasteiger partial charge in [-0.2, -0.15) is 0 Å². The van der Waals surface area contributed by atoms with Crippen LogP contribution in [0.25, 0.3) is 0 Å². The molecule has 100 valence electrons. The molecule has 0 bridgehead atoms. The van der Waals surface area contributed by atoms with Crippen molar-refractivity contribution in [2.45, 2.75) is 6.92 Å². The van der Waals surface area contributed by atoms with Crippen LogP contribution in [0.5, 0.6) is 0 Å². The molecule has 0 saturated heterocycles. The fraction of sp³-hybridized carbons (Fsp3) is 0.0909. The maximum atomic E-state index is 12.2. The second kappa shape index (κ2) is 4.17. The number of amides is 2.